The Morgan fingerprint density at radius 1 is 1.54 bits per heavy atom. The summed E-state index contributed by atoms with van der Waals surface area (Å²) in [6.07, 6.45) is 1.49. The maximum absolute atomic E-state index is 10.4. The lowest BCUT2D eigenvalue weighted by Crippen LogP contribution is -2.08. The highest BCUT2D eigenvalue weighted by Crippen LogP contribution is 2.18. The molecule has 0 bridgehead atoms. The van der Waals surface area contributed by atoms with E-state index in [-0.39, 0.29) is 5.69 Å². The molecule has 0 saturated heterocycles. The first-order valence-corrected chi connectivity index (χ1v) is 3.56. The molecule has 0 amide bonds. The molecular weight excluding hydrogens is 172 g/mol. The Morgan fingerprint density at radius 3 is 3.00 bits per heavy atom. The third-order valence-electron chi connectivity index (χ3n) is 1.79. The summed E-state index contributed by atoms with van der Waals surface area (Å²) >= 11 is 0. The van der Waals surface area contributed by atoms with Gasteiger partial charge in [-0.2, -0.15) is 9.89 Å². The molecule has 1 aromatic carbocycles. The van der Waals surface area contributed by atoms with Crippen molar-refractivity contribution in [2.75, 3.05) is 5.84 Å². The average Bonchev–Trinajstić information content (AvgIpc) is 2.47. The van der Waals surface area contributed by atoms with Gasteiger partial charge in [-0.05, 0) is 6.07 Å². The molecule has 2 rings (SSSR count). The molecule has 0 aliphatic heterocycles. The highest BCUT2D eigenvalue weighted by Gasteiger charge is 2.07. The van der Waals surface area contributed by atoms with Crippen LogP contribution >= 0.6 is 0 Å². The number of nitrogens with zero attached hydrogens (tertiary/aromatic N) is 3. The molecular formula is C7H6N4O2. The van der Waals surface area contributed by atoms with E-state index in [0.717, 1.165) is 0 Å². The number of nitro groups is 1. The zero-order chi connectivity index (χ0) is 9.42. The number of nitro benzene ring substituents is 1. The Balaban J connectivity index is 2.70. The first-order chi connectivity index (χ1) is 6.18. The largest absolute Gasteiger partial charge is 0.323 e. The number of hydrogen-bond acceptors (Lipinski definition) is 4. The van der Waals surface area contributed by atoms with E-state index < -0.39 is 4.92 Å². The molecule has 66 valence electrons. The minimum atomic E-state index is -0.451. The van der Waals surface area contributed by atoms with Crippen molar-refractivity contribution in [3.8, 4) is 0 Å². The third-order valence-corrected chi connectivity index (χ3v) is 1.79. The first kappa shape index (κ1) is 7.53. The van der Waals surface area contributed by atoms with E-state index in [1.54, 1.807) is 6.07 Å². The molecule has 0 aliphatic rings. The quantitative estimate of drug-likeness (QED) is 0.394. The molecule has 6 nitrogen and oxygen atoms in total. The van der Waals surface area contributed by atoms with Gasteiger partial charge in [-0.3, -0.25) is 10.1 Å². The normalized spacial score (nSPS) is 10.5. The third kappa shape index (κ3) is 1.08. The molecule has 0 unspecified atom stereocenters. The van der Waals surface area contributed by atoms with E-state index in [4.69, 9.17) is 5.84 Å². The standard InChI is InChI=1S/C7H6N4O2/c8-10-7-2-1-6(11(12)13)3-5(7)4-9-10/h1-4H,8H2. The van der Waals surface area contributed by atoms with Gasteiger partial charge >= 0.3 is 0 Å². The predicted molar refractivity (Wildman–Crippen MR) is 46.5 cm³/mol. The van der Waals surface area contributed by atoms with Gasteiger partial charge < -0.3 is 5.84 Å². The van der Waals surface area contributed by atoms with Crippen LogP contribution in [0.2, 0.25) is 0 Å². The lowest BCUT2D eigenvalue weighted by molar-refractivity contribution is -0.384. The lowest BCUT2D eigenvalue weighted by atomic mass is 10.2. The minimum Gasteiger partial charge on any atom is -0.323 e. The fourth-order valence-electron chi connectivity index (χ4n) is 1.15. The zero-order valence-electron chi connectivity index (χ0n) is 6.54. The van der Waals surface area contributed by atoms with Crippen molar-refractivity contribution in [3.63, 3.8) is 0 Å². The molecule has 2 aromatic rings. The molecule has 13 heavy (non-hydrogen) atoms. The Kier molecular flexibility index (Phi) is 1.42. The second-order valence-corrected chi connectivity index (χ2v) is 2.59. The molecule has 0 saturated carbocycles. The highest BCUT2D eigenvalue weighted by atomic mass is 16.6. The summed E-state index contributed by atoms with van der Waals surface area (Å²) in [6.45, 7) is 0. The van der Waals surface area contributed by atoms with E-state index in [2.05, 4.69) is 5.10 Å². The van der Waals surface area contributed by atoms with Crippen molar-refractivity contribution in [1.29, 1.82) is 0 Å². The van der Waals surface area contributed by atoms with Gasteiger partial charge in [0.05, 0.1) is 16.6 Å². The minimum absolute atomic E-state index is 0.0421. The Morgan fingerprint density at radius 2 is 2.31 bits per heavy atom. The molecule has 0 fully saturated rings. The van der Waals surface area contributed by atoms with Gasteiger partial charge in [-0.25, -0.2) is 0 Å². The number of nitrogen functional groups attached to an aromatic ring is 1. The van der Waals surface area contributed by atoms with Crippen LogP contribution in [-0.2, 0) is 0 Å². The monoisotopic (exact) mass is 178 g/mol. The molecule has 0 atom stereocenters. The van der Waals surface area contributed by atoms with Crippen molar-refractivity contribution in [1.82, 2.24) is 9.89 Å². The van der Waals surface area contributed by atoms with Gasteiger partial charge in [-0.1, -0.05) is 0 Å². The summed E-state index contributed by atoms with van der Waals surface area (Å²) in [5.41, 5.74) is 0.714. The summed E-state index contributed by atoms with van der Waals surface area (Å²) in [5, 5.41) is 14.8. The number of aromatic nitrogens is 2. The van der Waals surface area contributed by atoms with Crippen molar-refractivity contribution >= 4 is 16.6 Å². The number of benzene rings is 1. The van der Waals surface area contributed by atoms with Crippen molar-refractivity contribution in [3.05, 3.63) is 34.5 Å². The number of fused-ring (bicyclic) bond motifs is 1. The van der Waals surface area contributed by atoms with E-state index in [0.29, 0.717) is 10.9 Å². The van der Waals surface area contributed by atoms with Crippen molar-refractivity contribution in [2.45, 2.75) is 0 Å². The van der Waals surface area contributed by atoms with Gasteiger partial charge in [0.2, 0.25) is 0 Å². The molecule has 6 heteroatoms. The van der Waals surface area contributed by atoms with Gasteiger partial charge in [0, 0.05) is 17.5 Å². The first-order valence-electron chi connectivity index (χ1n) is 3.56. The van der Waals surface area contributed by atoms with Crippen LogP contribution < -0.4 is 5.84 Å². The molecule has 1 aromatic heterocycles. The van der Waals surface area contributed by atoms with Crippen LogP contribution in [0.25, 0.3) is 10.9 Å². The SMILES string of the molecule is Nn1ncc2cc([N+](=O)[O-])ccc21. The smallest absolute Gasteiger partial charge is 0.270 e. The summed E-state index contributed by atoms with van der Waals surface area (Å²) in [6, 6.07) is 4.40. The zero-order valence-corrected chi connectivity index (χ0v) is 6.54. The molecule has 0 spiro atoms. The Labute approximate surface area is 72.7 Å². The number of nitrogens with two attached hydrogens (primary N) is 1. The van der Waals surface area contributed by atoms with Crippen LogP contribution in [-0.4, -0.2) is 14.8 Å². The maximum atomic E-state index is 10.4. The molecule has 1 heterocycles. The number of non-ortho nitro benzene ring substituents is 1. The molecule has 0 radical (unpaired) electrons. The fraction of sp³-hybridized carbons (Fsp3) is 0. The van der Waals surface area contributed by atoms with Crippen LogP contribution in [0.1, 0.15) is 0 Å². The lowest BCUT2D eigenvalue weighted by Gasteiger charge is -1.93. The van der Waals surface area contributed by atoms with Crippen LogP contribution in [0.15, 0.2) is 24.4 Å². The summed E-state index contributed by atoms with van der Waals surface area (Å²) in [5.74, 6) is 5.44. The Bertz CT molecular complexity index is 476. The van der Waals surface area contributed by atoms with E-state index >= 15 is 0 Å². The van der Waals surface area contributed by atoms with Gasteiger partial charge in [0.15, 0.2) is 0 Å². The fourth-order valence-corrected chi connectivity index (χ4v) is 1.15. The maximum Gasteiger partial charge on any atom is 0.270 e. The van der Waals surface area contributed by atoms with E-state index in [9.17, 15) is 10.1 Å². The van der Waals surface area contributed by atoms with Gasteiger partial charge in [-0.15, -0.1) is 0 Å². The Hall–Kier alpha value is -2.11. The summed E-state index contributed by atoms with van der Waals surface area (Å²) in [7, 11) is 0. The molecule has 2 N–H and O–H groups in total. The van der Waals surface area contributed by atoms with Gasteiger partial charge in [0.25, 0.3) is 5.69 Å². The highest BCUT2D eigenvalue weighted by molar-refractivity contribution is 5.81. The second-order valence-electron chi connectivity index (χ2n) is 2.59. The van der Waals surface area contributed by atoms with E-state index in [1.807, 2.05) is 0 Å². The average molecular weight is 178 g/mol. The van der Waals surface area contributed by atoms with Crippen LogP contribution in [0.3, 0.4) is 0 Å². The second kappa shape index (κ2) is 2.44. The van der Waals surface area contributed by atoms with Crippen LogP contribution in [0, 0.1) is 10.1 Å². The van der Waals surface area contributed by atoms with Crippen LogP contribution in [0.5, 0.6) is 0 Å². The van der Waals surface area contributed by atoms with Crippen LogP contribution in [0.4, 0.5) is 5.69 Å². The van der Waals surface area contributed by atoms with Crippen molar-refractivity contribution in [2.24, 2.45) is 0 Å². The summed E-state index contributed by atoms with van der Waals surface area (Å²) < 4.78 is 0. The summed E-state index contributed by atoms with van der Waals surface area (Å²) in [4.78, 5) is 11.1. The van der Waals surface area contributed by atoms with Crippen molar-refractivity contribution < 1.29 is 4.92 Å². The predicted octanol–water partition coefficient (Wildman–Crippen LogP) is 0.658. The van der Waals surface area contributed by atoms with Gasteiger partial charge in [0.1, 0.15) is 0 Å². The van der Waals surface area contributed by atoms with E-state index in [1.165, 1.54) is 23.1 Å². The molecule has 0 aliphatic carbocycles. The number of hydrogen-bond donors (Lipinski definition) is 1. The topological polar surface area (TPSA) is 87.0 Å². The number of rotatable bonds is 1.